The second-order valence-electron chi connectivity index (χ2n) is 9.88. The number of ketones is 1. The van der Waals surface area contributed by atoms with Crippen LogP contribution in [0.15, 0.2) is 48.8 Å². The van der Waals surface area contributed by atoms with E-state index in [1.807, 2.05) is 56.4 Å². The molecule has 0 amide bonds. The van der Waals surface area contributed by atoms with Crippen molar-refractivity contribution in [2.24, 2.45) is 11.8 Å². The van der Waals surface area contributed by atoms with E-state index in [9.17, 15) is 10.1 Å². The molecule has 1 aliphatic carbocycles. The van der Waals surface area contributed by atoms with Crippen LogP contribution in [0.4, 0.5) is 0 Å². The van der Waals surface area contributed by atoms with E-state index in [4.69, 9.17) is 4.74 Å². The van der Waals surface area contributed by atoms with Gasteiger partial charge in [-0.2, -0.15) is 5.26 Å². The molecule has 8 nitrogen and oxygen atoms in total. The van der Waals surface area contributed by atoms with Gasteiger partial charge in [0.15, 0.2) is 5.78 Å². The lowest BCUT2D eigenvalue weighted by Gasteiger charge is -2.22. The number of hydrogen-bond acceptors (Lipinski definition) is 7. The topological polar surface area (TPSA) is 106 Å². The first-order chi connectivity index (χ1) is 17.0. The van der Waals surface area contributed by atoms with Gasteiger partial charge < -0.3 is 10.1 Å². The van der Waals surface area contributed by atoms with Gasteiger partial charge in [-0.3, -0.25) is 9.78 Å². The van der Waals surface area contributed by atoms with Crippen LogP contribution in [-0.2, 0) is 11.2 Å². The Labute approximate surface area is 205 Å². The predicted octanol–water partition coefficient (Wildman–Crippen LogP) is 3.90. The first-order valence-corrected chi connectivity index (χ1v) is 12.3. The molecule has 3 heterocycles. The Balaban J connectivity index is 1.20. The molecule has 2 fully saturated rings. The van der Waals surface area contributed by atoms with E-state index in [2.05, 4.69) is 26.7 Å². The third-order valence-electron chi connectivity index (χ3n) is 6.88. The average molecular weight is 471 g/mol. The molecule has 4 atom stereocenters. The van der Waals surface area contributed by atoms with Crippen LogP contribution in [0.3, 0.4) is 0 Å². The van der Waals surface area contributed by atoms with E-state index >= 15 is 0 Å². The van der Waals surface area contributed by atoms with Crippen molar-refractivity contribution < 1.29 is 9.53 Å². The maximum absolute atomic E-state index is 12.8. The Kier molecular flexibility index (Phi) is 6.60. The zero-order valence-electron chi connectivity index (χ0n) is 20.1. The second kappa shape index (κ2) is 9.96. The summed E-state index contributed by atoms with van der Waals surface area (Å²) < 4.78 is 7.34. The lowest BCUT2D eigenvalue weighted by molar-refractivity contribution is -0.122. The highest BCUT2D eigenvalue weighted by Crippen LogP contribution is 2.36. The second-order valence-corrected chi connectivity index (χ2v) is 9.88. The van der Waals surface area contributed by atoms with Gasteiger partial charge in [0, 0.05) is 12.5 Å². The lowest BCUT2D eigenvalue weighted by atomic mass is 9.88. The minimum absolute atomic E-state index is 0.0538. The first-order valence-electron chi connectivity index (χ1n) is 12.3. The van der Waals surface area contributed by atoms with E-state index in [1.54, 1.807) is 10.9 Å². The van der Waals surface area contributed by atoms with Gasteiger partial charge in [-0.25, -0.2) is 4.68 Å². The smallest absolute Gasteiger partial charge is 0.151 e. The first kappa shape index (κ1) is 23.2. The molecular weight excluding hydrogens is 440 g/mol. The fourth-order valence-electron chi connectivity index (χ4n) is 5.20. The maximum atomic E-state index is 12.8. The van der Waals surface area contributed by atoms with E-state index < -0.39 is 0 Å². The molecule has 1 saturated heterocycles. The molecule has 35 heavy (non-hydrogen) atoms. The SMILES string of the molecule is CC(C)Oc1ccc(-c2cn(-c3ccc(C[C@@H](C#N)CC(=O)[C@H]4N[C@@H]5CC[C@H]4C5)cc3)nn2)nc1. The van der Waals surface area contributed by atoms with Gasteiger partial charge in [-0.15, -0.1) is 5.10 Å². The zero-order valence-corrected chi connectivity index (χ0v) is 20.1. The summed E-state index contributed by atoms with van der Waals surface area (Å²) in [5.41, 5.74) is 3.28. The highest BCUT2D eigenvalue weighted by atomic mass is 16.5. The van der Waals surface area contributed by atoms with Crippen molar-refractivity contribution in [3.05, 3.63) is 54.4 Å². The van der Waals surface area contributed by atoms with Crippen LogP contribution in [0.1, 0.15) is 45.1 Å². The maximum Gasteiger partial charge on any atom is 0.151 e. The van der Waals surface area contributed by atoms with Crippen LogP contribution in [0.5, 0.6) is 5.75 Å². The number of piperidine rings is 1. The molecule has 5 rings (SSSR count). The number of carbonyl (C=O) groups excluding carboxylic acids is 1. The summed E-state index contributed by atoms with van der Waals surface area (Å²) in [5, 5.41) is 21.6. The van der Waals surface area contributed by atoms with Gasteiger partial charge >= 0.3 is 0 Å². The van der Waals surface area contributed by atoms with E-state index in [-0.39, 0.29) is 23.8 Å². The van der Waals surface area contributed by atoms with Gasteiger partial charge in [0.2, 0.25) is 0 Å². The molecule has 2 aromatic heterocycles. The number of carbonyl (C=O) groups is 1. The quantitative estimate of drug-likeness (QED) is 0.506. The number of hydrogen-bond donors (Lipinski definition) is 1. The van der Waals surface area contributed by atoms with Crippen molar-refractivity contribution in [3.8, 4) is 28.9 Å². The molecule has 180 valence electrons. The molecule has 1 aromatic carbocycles. The molecule has 2 bridgehead atoms. The largest absolute Gasteiger partial charge is 0.489 e. The van der Waals surface area contributed by atoms with Crippen molar-refractivity contribution in [1.82, 2.24) is 25.3 Å². The molecule has 1 saturated carbocycles. The number of nitrogens with zero attached hydrogens (tertiary/aromatic N) is 5. The van der Waals surface area contributed by atoms with Crippen molar-refractivity contribution in [2.45, 2.75) is 64.1 Å². The minimum Gasteiger partial charge on any atom is -0.489 e. The summed E-state index contributed by atoms with van der Waals surface area (Å²) in [6, 6.07) is 14.4. The number of nitrogens with one attached hydrogen (secondary N) is 1. The number of aromatic nitrogens is 4. The highest BCUT2D eigenvalue weighted by molar-refractivity contribution is 5.85. The third-order valence-corrected chi connectivity index (χ3v) is 6.88. The van der Waals surface area contributed by atoms with Gasteiger partial charge in [-0.1, -0.05) is 17.3 Å². The molecule has 1 aliphatic heterocycles. The Morgan fingerprint density at radius 1 is 1.20 bits per heavy atom. The Hall–Kier alpha value is -3.57. The van der Waals surface area contributed by atoms with Crippen molar-refractivity contribution in [1.29, 1.82) is 5.26 Å². The number of pyridine rings is 1. The van der Waals surface area contributed by atoms with Gasteiger partial charge in [0.1, 0.15) is 11.4 Å². The Morgan fingerprint density at radius 2 is 2.03 bits per heavy atom. The average Bonchev–Trinajstić information content (AvgIpc) is 3.62. The molecule has 2 aliphatic rings. The number of rotatable bonds is 9. The van der Waals surface area contributed by atoms with Gasteiger partial charge in [0.05, 0.1) is 47.9 Å². The Bertz CT molecular complexity index is 1210. The van der Waals surface area contributed by atoms with Crippen LogP contribution < -0.4 is 10.1 Å². The molecular formula is C27H30N6O2. The van der Waals surface area contributed by atoms with E-state index in [0.29, 0.717) is 30.5 Å². The molecule has 0 radical (unpaired) electrons. The van der Waals surface area contributed by atoms with Crippen LogP contribution in [0.25, 0.3) is 17.1 Å². The molecule has 3 aromatic rings. The summed E-state index contributed by atoms with van der Waals surface area (Å²) in [6.07, 6.45) is 7.88. The highest BCUT2D eigenvalue weighted by Gasteiger charge is 2.42. The summed E-state index contributed by atoms with van der Waals surface area (Å²) in [7, 11) is 0. The lowest BCUT2D eigenvalue weighted by Crippen LogP contribution is -2.42. The standard InChI is InChI=1S/C27H30N6O2/c1-17(2)35-23-9-10-24(29-15-23)25-16-33(32-31-25)22-7-3-18(4-8-22)11-19(14-28)12-26(34)27-20-5-6-21(13-20)30-27/h3-4,7-10,15-17,19-21,27,30H,5-6,11-13H2,1-2H3/t19-,20+,21-,27+/m1/s1. The predicted molar refractivity (Wildman–Crippen MR) is 131 cm³/mol. The van der Waals surface area contributed by atoms with Gasteiger partial charge in [0.25, 0.3) is 0 Å². The fraction of sp³-hybridized carbons (Fsp3) is 0.444. The minimum atomic E-state index is -0.319. The van der Waals surface area contributed by atoms with Crippen molar-refractivity contribution in [3.63, 3.8) is 0 Å². The Morgan fingerprint density at radius 3 is 2.66 bits per heavy atom. The van der Waals surface area contributed by atoms with Crippen LogP contribution in [0, 0.1) is 23.2 Å². The van der Waals surface area contributed by atoms with Crippen molar-refractivity contribution in [2.75, 3.05) is 0 Å². The molecule has 1 N–H and O–H groups in total. The molecule has 0 spiro atoms. The monoisotopic (exact) mass is 470 g/mol. The van der Waals surface area contributed by atoms with E-state index in [0.717, 1.165) is 35.5 Å². The van der Waals surface area contributed by atoms with Crippen LogP contribution >= 0.6 is 0 Å². The van der Waals surface area contributed by atoms with Crippen LogP contribution in [0.2, 0.25) is 0 Å². The molecule has 0 unspecified atom stereocenters. The number of ether oxygens (including phenoxy) is 1. The summed E-state index contributed by atoms with van der Waals surface area (Å²) in [6.45, 7) is 3.95. The number of Topliss-reactive ketones (excluding diaryl/α,β-unsaturated/α-hetero) is 1. The summed E-state index contributed by atoms with van der Waals surface area (Å²) in [5.74, 6) is 1.05. The zero-order chi connectivity index (χ0) is 24.4. The summed E-state index contributed by atoms with van der Waals surface area (Å²) >= 11 is 0. The number of benzene rings is 1. The van der Waals surface area contributed by atoms with Gasteiger partial charge in [-0.05, 0) is 75.3 Å². The number of nitriles is 1. The third kappa shape index (κ3) is 5.25. The normalized spacial score (nSPS) is 21.7. The fourth-order valence-corrected chi connectivity index (χ4v) is 5.20. The number of fused-ring (bicyclic) bond motifs is 2. The van der Waals surface area contributed by atoms with Crippen LogP contribution in [-0.4, -0.2) is 43.9 Å². The van der Waals surface area contributed by atoms with E-state index in [1.165, 1.54) is 6.42 Å². The summed E-state index contributed by atoms with van der Waals surface area (Å²) in [4.78, 5) is 17.2. The molecule has 8 heteroatoms. The van der Waals surface area contributed by atoms with Crippen molar-refractivity contribution >= 4 is 5.78 Å².